The van der Waals surface area contributed by atoms with Crippen LogP contribution in [0, 0.1) is 0 Å². The predicted molar refractivity (Wildman–Crippen MR) is 61.7 cm³/mol. The molecular weight excluding hydrogens is 202 g/mol. The van der Waals surface area contributed by atoms with Crippen molar-refractivity contribution < 1.29 is 4.42 Å². The van der Waals surface area contributed by atoms with Crippen molar-refractivity contribution in [2.75, 3.05) is 5.73 Å². The van der Waals surface area contributed by atoms with Crippen LogP contribution in [0.2, 0.25) is 0 Å². The van der Waals surface area contributed by atoms with Gasteiger partial charge in [-0.1, -0.05) is 12.1 Å². The molecule has 4 nitrogen and oxygen atoms in total. The van der Waals surface area contributed by atoms with Crippen molar-refractivity contribution in [2.45, 2.75) is 0 Å². The van der Waals surface area contributed by atoms with Crippen LogP contribution < -0.4 is 5.73 Å². The summed E-state index contributed by atoms with van der Waals surface area (Å²) in [5, 5.41) is 0.859. The summed E-state index contributed by atoms with van der Waals surface area (Å²) in [4.78, 5) is 8.61. The molecule has 0 radical (unpaired) electrons. The van der Waals surface area contributed by atoms with Crippen LogP contribution in [0.15, 0.2) is 47.1 Å². The molecule has 0 saturated heterocycles. The number of aromatic nitrogens is 2. The largest absolute Gasteiger partial charge is 0.461 e. The molecular formula is C12H9N3O. The molecule has 0 atom stereocenters. The number of nitrogens with two attached hydrogens (primary N) is 1. The van der Waals surface area contributed by atoms with Gasteiger partial charge in [0.15, 0.2) is 11.6 Å². The smallest absolute Gasteiger partial charge is 0.198 e. The number of nitrogen functional groups attached to an aromatic ring is 1. The first-order valence-electron chi connectivity index (χ1n) is 4.91. The third kappa shape index (κ3) is 1.32. The van der Waals surface area contributed by atoms with Crippen LogP contribution in [-0.4, -0.2) is 9.97 Å². The van der Waals surface area contributed by atoms with Crippen molar-refractivity contribution in [3.8, 4) is 11.6 Å². The maximum Gasteiger partial charge on any atom is 0.198 e. The maximum atomic E-state index is 5.87. The average Bonchev–Trinajstić information content (AvgIpc) is 2.82. The molecule has 16 heavy (non-hydrogen) atoms. The van der Waals surface area contributed by atoms with E-state index < -0.39 is 0 Å². The van der Waals surface area contributed by atoms with E-state index in [1.807, 2.05) is 30.3 Å². The van der Waals surface area contributed by atoms with Gasteiger partial charge >= 0.3 is 0 Å². The van der Waals surface area contributed by atoms with E-state index in [0.717, 1.165) is 10.9 Å². The van der Waals surface area contributed by atoms with Crippen LogP contribution in [0.25, 0.3) is 22.5 Å². The summed E-state index contributed by atoms with van der Waals surface area (Å²) >= 11 is 0. The number of rotatable bonds is 1. The molecule has 78 valence electrons. The molecule has 0 fully saturated rings. The normalized spacial score (nSPS) is 10.8. The molecule has 2 heterocycles. The SMILES string of the molecule is Nc1nc(-c2ccco2)nc2ccccc12. The lowest BCUT2D eigenvalue weighted by Crippen LogP contribution is -1.96. The fourth-order valence-electron chi connectivity index (χ4n) is 1.62. The van der Waals surface area contributed by atoms with E-state index in [0.29, 0.717) is 17.4 Å². The molecule has 0 aliphatic heterocycles. The summed E-state index contributed by atoms with van der Waals surface area (Å²) in [5.41, 5.74) is 6.69. The zero-order valence-electron chi connectivity index (χ0n) is 8.42. The molecule has 0 aliphatic rings. The van der Waals surface area contributed by atoms with Gasteiger partial charge in [-0.05, 0) is 24.3 Å². The van der Waals surface area contributed by atoms with Gasteiger partial charge in [0.25, 0.3) is 0 Å². The number of para-hydroxylation sites is 1. The van der Waals surface area contributed by atoms with Crippen molar-refractivity contribution in [3.63, 3.8) is 0 Å². The van der Waals surface area contributed by atoms with Gasteiger partial charge in [0.05, 0.1) is 11.8 Å². The molecule has 3 rings (SSSR count). The minimum atomic E-state index is 0.469. The number of hydrogen-bond donors (Lipinski definition) is 1. The first kappa shape index (κ1) is 8.91. The van der Waals surface area contributed by atoms with Crippen molar-refractivity contribution in [1.29, 1.82) is 0 Å². The predicted octanol–water partition coefficient (Wildman–Crippen LogP) is 2.47. The molecule has 0 bridgehead atoms. The number of furan rings is 1. The van der Waals surface area contributed by atoms with Gasteiger partial charge in [0.1, 0.15) is 5.82 Å². The Bertz CT molecular complexity index is 632. The van der Waals surface area contributed by atoms with Crippen molar-refractivity contribution in [2.24, 2.45) is 0 Å². The Labute approximate surface area is 91.7 Å². The van der Waals surface area contributed by atoms with Crippen LogP contribution in [0.5, 0.6) is 0 Å². The second-order valence-corrected chi connectivity index (χ2v) is 3.43. The van der Waals surface area contributed by atoms with Crippen molar-refractivity contribution in [1.82, 2.24) is 9.97 Å². The van der Waals surface area contributed by atoms with Crippen molar-refractivity contribution >= 4 is 16.7 Å². The minimum absolute atomic E-state index is 0.469. The molecule has 0 saturated carbocycles. The highest BCUT2D eigenvalue weighted by molar-refractivity contribution is 5.89. The van der Waals surface area contributed by atoms with Gasteiger partial charge in [0, 0.05) is 5.39 Å². The van der Waals surface area contributed by atoms with Crippen LogP contribution in [0.4, 0.5) is 5.82 Å². The van der Waals surface area contributed by atoms with E-state index in [1.165, 1.54) is 0 Å². The van der Waals surface area contributed by atoms with Gasteiger partial charge in [-0.15, -0.1) is 0 Å². The van der Waals surface area contributed by atoms with E-state index in [9.17, 15) is 0 Å². The van der Waals surface area contributed by atoms with Gasteiger partial charge in [-0.3, -0.25) is 0 Å². The molecule has 0 spiro atoms. The number of anilines is 1. The molecule has 1 aromatic carbocycles. The molecule has 3 aromatic rings. The highest BCUT2D eigenvalue weighted by atomic mass is 16.3. The third-order valence-corrected chi connectivity index (χ3v) is 2.37. The molecule has 4 heteroatoms. The number of benzene rings is 1. The van der Waals surface area contributed by atoms with Gasteiger partial charge in [-0.2, -0.15) is 0 Å². The van der Waals surface area contributed by atoms with Crippen LogP contribution >= 0.6 is 0 Å². The highest BCUT2D eigenvalue weighted by Crippen LogP contribution is 2.22. The van der Waals surface area contributed by atoms with Crippen LogP contribution in [0.3, 0.4) is 0 Å². The Morgan fingerprint density at radius 1 is 1.00 bits per heavy atom. The van der Waals surface area contributed by atoms with Gasteiger partial charge in [0.2, 0.25) is 0 Å². The van der Waals surface area contributed by atoms with E-state index in [4.69, 9.17) is 10.2 Å². The summed E-state index contributed by atoms with van der Waals surface area (Å²) in [6.07, 6.45) is 1.59. The molecule has 2 N–H and O–H groups in total. The fraction of sp³-hybridized carbons (Fsp3) is 0. The lowest BCUT2D eigenvalue weighted by molar-refractivity contribution is 0.578. The monoisotopic (exact) mass is 211 g/mol. The van der Waals surface area contributed by atoms with E-state index >= 15 is 0 Å². The summed E-state index contributed by atoms with van der Waals surface area (Å²) in [6, 6.07) is 11.2. The first-order valence-corrected chi connectivity index (χ1v) is 4.91. The molecule has 2 aromatic heterocycles. The third-order valence-electron chi connectivity index (χ3n) is 2.37. The summed E-state index contributed by atoms with van der Waals surface area (Å²) < 4.78 is 5.24. The zero-order valence-corrected chi connectivity index (χ0v) is 8.42. The maximum absolute atomic E-state index is 5.87. The lowest BCUT2D eigenvalue weighted by atomic mass is 10.2. The second kappa shape index (κ2) is 3.34. The van der Waals surface area contributed by atoms with E-state index in [2.05, 4.69) is 9.97 Å². The Kier molecular flexibility index (Phi) is 1.86. The number of nitrogens with zero attached hydrogens (tertiary/aromatic N) is 2. The average molecular weight is 211 g/mol. The summed E-state index contributed by atoms with van der Waals surface area (Å²) in [7, 11) is 0. The summed E-state index contributed by atoms with van der Waals surface area (Å²) in [6.45, 7) is 0. The Morgan fingerprint density at radius 2 is 1.88 bits per heavy atom. The standard InChI is InChI=1S/C12H9N3O/c13-11-8-4-1-2-5-9(8)14-12(15-11)10-6-3-7-16-10/h1-7H,(H2,13,14,15). The quantitative estimate of drug-likeness (QED) is 0.671. The van der Waals surface area contributed by atoms with Crippen LogP contribution in [-0.2, 0) is 0 Å². The summed E-state index contributed by atoms with van der Waals surface area (Å²) in [5.74, 6) is 1.61. The van der Waals surface area contributed by atoms with E-state index in [-0.39, 0.29) is 0 Å². The van der Waals surface area contributed by atoms with Crippen LogP contribution in [0.1, 0.15) is 0 Å². The molecule has 0 unspecified atom stereocenters. The highest BCUT2D eigenvalue weighted by Gasteiger charge is 2.08. The Morgan fingerprint density at radius 3 is 2.69 bits per heavy atom. The fourth-order valence-corrected chi connectivity index (χ4v) is 1.62. The number of fused-ring (bicyclic) bond motifs is 1. The second-order valence-electron chi connectivity index (χ2n) is 3.43. The van der Waals surface area contributed by atoms with Crippen molar-refractivity contribution in [3.05, 3.63) is 42.7 Å². The lowest BCUT2D eigenvalue weighted by Gasteiger charge is -2.02. The Hall–Kier alpha value is -2.36. The molecule has 0 amide bonds. The van der Waals surface area contributed by atoms with Gasteiger partial charge < -0.3 is 10.2 Å². The first-order chi connectivity index (χ1) is 7.84. The zero-order chi connectivity index (χ0) is 11.0. The Balaban J connectivity index is 2.29. The topological polar surface area (TPSA) is 64.9 Å². The number of hydrogen-bond acceptors (Lipinski definition) is 4. The van der Waals surface area contributed by atoms with Gasteiger partial charge in [-0.25, -0.2) is 9.97 Å². The minimum Gasteiger partial charge on any atom is -0.461 e. The van der Waals surface area contributed by atoms with E-state index in [1.54, 1.807) is 12.3 Å². The molecule has 0 aliphatic carbocycles.